The van der Waals surface area contributed by atoms with E-state index in [2.05, 4.69) is 4.98 Å². The Balaban J connectivity index is 2.61. The Kier molecular flexibility index (Phi) is 3.29. The lowest BCUT2D eigenvalue weighted by atomic mass is 10.1. The summed E-state index contributed by atoms with van der Waals surface area (Å²) in [6.45, 7) is 5.84. The average Bonchev–Trinajstić information content (AvgIpc) is 2.62. The number of benzene rings is 1. The maximum atomic E-state index is 11.1. The largest absolute Gasteiger partial charge is 0.496 e. The van der Waals surface area contributed by atoms with E-state index in [-0.39, 0.29) is 5.56 Å². The molecule has 0 saturated heterocycles. The van der Waals surface area contributed by atoms with E-state index in [1.54, 1.807) is 18.2 Å². The number of carboxylic acid groups (broad SMARTS) is 1. The molecule has 0 bridgehead atoms. The molecule has 1 N–H and O–H groups in total. The Morgan fingerprint density at radius 1 is 1.32 bits per heavy atom. The third-order valence-electron chi connectivity index (χ3n) is 3.19. The predicted octanol–water partition coefficient (Wildman–Crippen LogP) is 2.50. The van der Waals surface area contributed by atoms with Gasteiger partial charge < -0.3 is 14.4 Å². The number of ether oxygens (including phenoxy) is 1. The lowest BCUT2D eigenvalue weighted by Crippen LogP contribution is -2.04. The molecule has 0 aliphatic carbocycles. The molecule has 2 aromatic rings. The summed E-state index contributed by atoms with van der Waals surface area (Å²) in [5, 5.41) is 9.07. The first kappa shape index (κ1) is 13.1. The zero-order chi connectivity index (χ0) is 14.2. The highest BCUT2D eigenvalue weighted by molar-refractivity contribution is 5.91. The van der Waals surface area contributed by atoms with Gasteiger partial charge >= 0.3 is 5.97 Å². The summed E-state index contributed by atoms with van der Waals surface area (Å²) in [5.41, 5.74) is 2.98. The van der Waals surface area contributed by atoms with Crippen LogP contribution in [0.15, 0.2) is 18.2 Å². The van der Waals surface area contributed by atoms with Crippen LogP contribution in [0.1, 0.15) is 27.6 Å². The van der Waals surface area contributed by atoms with Crippen molar-refractivity contribution in [1.82, 2.24) is 9.55 Å². The van der Waals surface area contributed by atoms with Gasteiger partial charge in [-0.3, -0.25) is 0 Å². The average molecular weight is 260 g/mol. The van der Waals surface area contributed by atoms with Gasteiger partial charge in [-0.05, 0) is 32.9 Å². The first-order valence-electron chi connectivity index (χ1n) is 5.90. The molecule has 100 valence electrons. The maximum Gasteiger partial charge on any atom is 0.339 e. The molecule has 0 aliphatic rings. The van der Waals surface area contributed by atoms with Crippen molar-refractivity contribution in [3.63, 3.8) is 0 Å². The molecule has 0 aliphatic heterocycles. The van der Waals surface area contributed by atoms with Crippen LogP contribution in [0.5, 0.6) is 5.75 Å². The van der Waals surface area contributed by atoms with Crippen molar-refractivity contribution in [1.29, 1.82) is 0 Å². The second-order valence-corrected chi connectivity index (χ2v) is 4.35. The number of nitrogens with zero attached hydrogens (tertiary/aromatic N) is 2. The van der Waals surface area contributed by atoms with E-state index in [4.69, 9.17) is 9.84 Å². The van der Waals surface area contributed by atoms with Crippen LogP contribution in [0, 0.1) is 20.8 Å². The van der Waals surface area contributed by atoms with Gasteiger partial charge in [0, 0.05) is 11.8 Å². The third kappa shape index (κ3) is 2.19. The summed E-state index contributed by atoms with van der Waals surface area (Å²) in [6, 6.07) is 5.02. The molecule has 0 amide bonds. The Labute approximate surface area is 111 Å². The Morgan fingerprint density at radius 2 is 2.00 bits per heavy atom. The standard InChI is InChI=1S/C14H16N2O3/c1-8-9(2)16(10(3)15-8)11-5-6-12(14(17)18)13(7-11)19-4/h5-7H,1-4H3,(H,17,18). The summed E-state index contributed by atoms with van der Waals surface area (Å²) < 4.78 is 7.12. The van der Waals surface area contributed by atoms with Gasteiger partial charge in [-0.1, -0.05) is 0 Å². The van der Waals surface area contributed by atoms with E-state index in [1.807, 2.05) is 25.3 Å². The molecule has 5 nitrogen and oxygen atoms in total. The van der Waals surface area contributed by atoms with Gasteiger partial charge in [0.15, 0.2) is 0 Å². The van der Waals surface area contributed by atoms with Crippen LogP contribution in [0.2, 0.25) is 0 Å². The van der Waals surface area contributed by atoms with Crippen LogP contribution in [0.3, 0.4) is 0 Å². The minimum atomic E-state index is -1.00. The van der Waals surface area contributed by atoms with E-state index < -0.39 is 5.97 Å². The molecule has 1 heterocycles. The number of aryl methyl sites for hydroxylation is 2. The van der Waals surface area contributed by atoms with Crippen molar-refractivity contribution in [3.8, 4) is 11.4 Å². The number of aromatic nitrogens is 2. The number of imidazole rings is 1. The van der Waals surface area contributed by atoms with Gasteiger partial charge in [-0.25, -0.2) is 9.78 Å². The summed E-state index contributed by atoms with van der Waals surface area (Å²) >= 11 is 0. The number of hydrogen-bond donors (Lipinski definition) is 1. The van der Waals surface area contributed by atoms with E-state index in [1.165, 1.54) is 7.11 Å². The number of rotatable bonds is 3. The van der Waals surface area contributed by atoms with Crippen LogP contribution in [-0.4, -0.2) is 27.7 Å². The van der Waals surface area contributed by atoms with E-state index >= 15 is 0 Å². The highest BCUT2D eigenvalue weighted by Gasteiger charge is 2.14. The summed E-state index contributed by atoms with van der Waals surface area (Å²) in [4.78, 5) is 15.5. The molecule has 0 unspecified atom stereocenters. The van der Waals surface area contributed by atoms with Crippen molar-refractivity contribution < 1.29 is 14.6 Å². The maximum absolute atomic E-state index is 11.1. The third-order valence-corrected chi connectivity index (χ3v) is 3.19. The molecule has 0 radical (unpaired) electrons. The highest BCUT2D eigenvalue weighted by Crippen LogP contribution is 2.25. The monoisotopic (exact) mass is 260 g/mol. The molecule has 2 rings (SSSR count). The molecule has 0 fully saturated rings. The first-order valence-corrected chi connectivity index (χ1v) is 5.90. The highest BCUT2D eigenvalue weighted by atomic mass is 16.5. The zero-order valence-corrected chi connectivity index (χ0v) is 11.4. The van der Waals surface area contributed by atoms with Crippen molar-refractivity contribution in [2.24, 2.45) is 0 Å². The molecule has 1 aromatic heterocycles. The number of carbonyl (C=O) groups is 1. The van der Waals surface area contributed by atoms with Crippen LogP contribution in [0.4, 0.5) is 0 Å². The number of hydrogen-bond acceptors (Lipinski definition) is 3. The van der Waals surface area contributed by atoms with Crippen molar-refractivity contribution in [2.45, 2.75) is 20.8 Å². The number of aromatic carboxylic acids is 1. The molecule has 5 heteroatoms. The van der Waals surface area contributed by atoms with E-state index in [9.17, 15) is 4.79 Å². The smallest absolute Gasteiger partial charge is 0.339 e. The normalized spacial score (nSPS) is 10.5. The van der Waals surface area contributed by atoms with E-state index in [0.717, 1.165) is 22.9 Å². The fourth-order valence-electron chi connectivity index (χ4n) is 2.15. The van der Waals surface area contributed by atoms with Gasteiger partial charge in [0.25, 0.3) is 0 Å². The van der Waals surface area contributed by atoms with Crippen molar-refractivity contribution >= 4 is 5.97 Å². The Bertz CT molecular complexity index is 644. The van der Waals surface area contributed by atoms with Crippen LogP contribution in [-0.2, 0) is 0 Å². The lowest BCUT2D eigenvalue weighted by Gasteiger charge is -2.11. The molecule has 1 aromatic carbocycles. The second kappa shape index (κ2) is 4.76. The first-order chi connectivity index (χ1) is 8.95. The summed E-state index contributed by atoms with van der Waals surface area (Å²) in [5.74, 6) is 0.203. The summed E-state index contributed by atoms with van der Waals surface area (Å²) in [6.07, 6.45) is 0. The van der Waals surface area contributed by atoms with Gasteiger partial charge in [0.1, 0.15) is 17.1 Å². The van der Waals surface area contributed by atoms with Gasteiger partial charge in [0.2, 0.25) is 0 Å². The number of methoxy groups -OCH3 is 1. The van der Waals surface area contributed by atoms with Gasteiger partial charge in [-0.15, -0.1) is 0 Å². The molecular weight excluding hydrogens is 244 g/mol. The fraction of sp³-hybridized carbons (Fsp3) is 0.286. The SMILES string of the molecule is COc1cc(-n2c(C)nc(C)c2C)ccc1C(=O)O. The van der Waals surface area contributed by atoms with E-state index in [0.29, 0.717) is 5.75 Å². The molecule has 0 spiro atoms. The molecule has 19 heavy (non-hydrogen) atoms. The van der Waals surface area contributed by atoms with Gasteiger partial charge in [0.05, 0.1) is 18.5 Å². The fourth-order valence-corrected chi connectivity index (χ4v) is 2.15. The minimum Gasteiger partial charge on any atom is -0.496 e. The summed E-state index contributed by atoms with van der Waals surface area (Å²) in [7, 11) is 1.46. The van der Waals surface area contributed by atoms with Crippen LogP contribution >= 0.6 is 0 Å². The van der Waals surface area contributed by atoms with Crippen molar-refractivity contribution in [2.75, 3.05) is 7.11 Å². The second-order valence-electron chi connectivity index (χ2n) is 4.35. The molecular formula is C14H16N2O3. The molecule has 0 atom stereocenters. The Hall–Kier alpha value is -2.30. The van der Waals surface area contributed by atoms with Crippen LogP contribution < -0.4 is 4.74 Å². The number of carboxylic acids is 1. The Morgan fingerprint density at radius 3 is 2.47 bits per heavy atom. The van der Waals surface area contributed by atoms with Crippen molar-refractivity contribution in [3.05, 3.63) is 41.0 Å². The minimum absolute atomic E-state index is 0.151. The topological polar surface area (TPSA) is 64.4 Å². The lowest BCUT2D eigenvalue weighted by molar-refractivity contribution is 0.0693. The zero-order valence-electron chi connectivity index (χ0n) is 11.4. The quantitative estimate of drug-likeness (QED) is 0.920. The van der Waals surface area contributed by atoms with Gasteiger partial charge in [-0.2, -0.15) is 0 Å². The van der Waals surface area contributed by atoms with Crippen LogP contribution in [0.25, 0.3) is 5.69 Å². The predicted molar refractivity (Wildman–Crippen MR) is 71.3 cm³/mol. The molecule has 0 saturated carbocycles.